The molecule has 1 saturated heterocycles. The van der Waals surface area contributed by atoms with Crippen LogP contribution in [0, 0.1) is 13.8 Å². The maximum Gasteiger partial charge on any atom is 0.107 e. The second-order valence-corrected chi connectivity index (χ2v) is 5.39. The van der Waals surface area contributed by atoms with Gasteiger partial charge >= 0.3 is 0 Å². The van der Waals surface area contributed by atoms with Crippen molar-refractivity contribution in [3.05, 3.63) is 23.0 Å². The Hall–Kier alpha value is -1.20. The molecule has 0 amide bonds. The van der Waals surface area contributed by atoms with Crippen molar-refractivity contribution in [3.63, 3.8) is 0 Å². The van der Waals surface area contributed by atoms with Crippen LogP contribution in [0.2, 0.25) is 0 Å². The van der Waals surface area contributed by atoms with Crippen molar-refractivity contribution >= 4 is 22.9 Å². The summed E-state index contributed by atoms with van der Waals surface area (Å²) in [6.07, 6.45) is 1.30. The average molecular weight is 279 g/mol. The zero-order chi connectivity index (χ0) is 14.0. The minimum absolute atomic E-state index is 0.279. The molecule has 1 aliphatic rings. The lowest BCUT2D eigenvalue weighted by atomic mass is 10.1. The van der Waals surface area contributed by atoms with Gasteiger partial charge in [-0.2, -0.15) is 0 Å². The molecule has 1 atom stereocenters. The molecule has 0 aliphatic carbocycles. The molecule has 104 valence electrons. The van der Waals surface area contributed by atoms with Crippen LogP contribution in [0.5, 0.6) is 0 Å². The van der Waals surface area contributed by atoms with Gasteiger partial charge in [0.1, 0.15) is 4.99 Å². The first kappa shape index (κ1) is 14.2. The number of aromatic nitrogens is 1. The van der Waals surface area contributed by atoms with E-state index in [1.807, 2.05) is 13.8 Å². The first-order valence-corrected chi connectivity index (χ1v) is 7.08. The highest BCUT2D eigenvalue weighted by molar-refractivity contribution is 7.80. The number of hydrogen-bond donors (Lipinski definition) is 1. The number of ether oxygens (including phenoxy) is 1. The molecule has 0 aromatic carbocycles. The average Bonchev–Trinajstić information content (AvgIpc) is 2.37. The van der Waals surface area contributed by atoms with E-state index in [0.717, 1.165) is 48.8 Å². The SMILES string of the molecule is CCC1CN(c2cc(C)nc(C)c2C(N)=S)CCO1. The number of hydrogen-bond acceptors (Lipinski definition) is 4. The van der Waals surface area contributed by atoms with Crippen LogP contribution >= 0.6 is 12.2 Å². The number of morpholine rings is 1. The lowest BCUT2D eigenvalue weighted by Gasteiger charge is -2.35. The summed E-state index contributed by atoms with van der Waals surface area (Å²) in [5, 5.41) is 0. The summed E-state index contributed by atoms with van der Waals surface area (Å²) < 4.78 is 5.72. The van der Waals surface area contributed by atoms with Crippen molar-refractivity contribution in [2.45, 2.75) is 33.3 Å². The van der Waals surface area contributed by atoms with E-state index in [9.17, 15) is 0 Å². The first-order chi connectivity index (χ1) is 9.02. The van der Waals surface area contributed by atoms with Crippen molar-refractivity contribution in [2.24, 2.45) is 5.73 Å². The van der Waals surface area contributed by atoms with Gasteiger partial charge in [0.25, 0.3) is 0 Å². The number of thiocarbonyl (C=S) groups is 1. The van der Waals surface area contributed by atoms with Crippen molar-refractivity contribution in [2.75, 3.05) is 24.6 Å². The molecule has 1 fully saturated rings. The summed E-state index contributed by atoms with van der Waals surface area (Å²) in [5.74, 6) is 0. The minimum Gasteiger partial charge on any atom is -0.389 e. The second-order valence-electron chi connectivity index (χ2n) is 4.95. The minimum atomic E-state index is 0.279. The van der Waals surface area contributed by atoms with Crippen molar-refractivity contribution in [3.8, 4) is 0 Å². The summed E-state index contributed by atoms with van der Waals surface area (Å²) >= 11 is 5.19. The number of aryl methyl sites for hydroxylation is 2. The summed E-state index contributed by atoms with van der Waals surface area (Å²) in [7, 11) is 0. The standard InChI is InChI=1S/C14H21N3OS/c1-4-11-8-17(5-6-18-11)12-7-9(2)16-10(3)13(12)14(15)19/h7,11H,4-6,8H2,1-3H3,(H2,15,19). The number of nitrogens with two attached hydrogens (primary N) is 1. The maximum absolute atomic E-state index is 5.87. The first-order valence-electron chi connectivity index (χ1n) is 6.67. The molecule has 4 nitrogen and oxygen atoms in total. The molecule has 2 N–H and O–H groups in total. The Balaban J connectivity index is 2.40. The monoisotopic (exact) mass is 279 g/mol. The van der Waals surface area contributed by atoms with E-state index in [1.54, 1.807) is 0 Å². The van der Waals surface area contributed by atoms with Gasteiger partial charge in [-0.1, -0.05) is 19.1 Å². The van der Waals surface area contributed by atoms with Crippen molar-refractivity contribution < 1.29 is 4.74 Å². The zero-order valence-electron chi connectivity index (χ0n) is 11.8. The van der Waals surface area contributed by atoms with E-state index >= 15 is 0 Å². The van der Waals surface area contributed by atoms with Gasteiger partial charge in [0.15, 0.2) is 0 Å². The quantitative estimate of drug-likeness (QED) is 0.857. The van der Waals surface area contributed by atoms with Crippen molar-refractivity contribution in [1.29, 1.82) is 0 Å². The molecular weight excluding hydrogens is 258 g/mol. The topological polar surface area (TPSA) is 51.4 Å². The highest BCUT2D eigenvalue weighted by atomic mass is 32.1. The number of nitrogens with zero attached hydrogens (tertiary/aromatic N) is 2. The third-order valence-corrected chi connectivity index (χ3v) is 3.69. The van der Waals surface area contributed by atoms with Crippen LogP contribution in [-0.2, 0) is 4.74 Å². The van der Waals surface area contributed by atoms with Crippen LogP contribution in [-0.4, -0.2) is 35.8 Å². The Kier molecular flexibility index (Phi) is 4.37. The third-order valence-electron chi connectivity index (χ3n) is 3.49. The summed E-state index contributed by atoms with van der Waals surface area (Å²) in [6.45, 7) is 8.60. The van der Waals surface area contributed by atoms with Crippen LogP contribution in [0.25, 0.3) is 0 Å². The second kappa shape index (κ2) is 5.84. The third kappa shape index (κ3) is 3.04. The van der Waals surface area contributed by atoms with Crippen LogP contribution in [0.3, 0.4) is 0 Å². The van der Waals surface area contributed by atoms with E-state index in [-0.39, 0.29) is 6.10 Å². The largest absolute Gasteiger partial charge is 0.389 e. The molecule has 1 aromatic heterocycles. The Morgan fingerprint density at radius 3 is 2.95 bits per heavy atom. The van der Waals surface area contributed by atoms with Gasteiger partial charge < -0.3 is 15.4 Å². The normalized spacial score (nSPS) is 19.5. The number of rotatable bonds is 3. The summed E-state index contributed by atoms with van der Waals surface area (Å²) in [4.78, 5) is 7.19. The molecule has 1 unspecified atom stereocenters. The molecule has 1 aromatic rings. The lowest BCUT2D eigenvalue weighted by Crippen LogP contribution is -2.43. The van der Waals surface area contributed by atoms with E-state index in [2.05, 4.69) is 22.9 Å². The number of pyridine rings is 1. The maximum atomic E-state index is 5.87. The van der Waals surface area contributed by atoms with Gasteiger partial charge in [0.2, 0.25) is 0 Å². The fourth-order valence-corrected chi connectivity index (χ4v) is 2.80. The van der Waals surface area contributed by atoms with E-state index < -0.39 is 0 Å². The molecule has 5 heteroatoms. The van der Waals surface area contributed by atoms with E-state index in [4.69, 9.17) is 22.7 Å². The molecule has 0 saturated carbocycles. The highest BCUT2D eigenvalue weighted by Crippen LogP contribution is 2.26. The van der Waals surface area contributed by atoms with E-state index in [1.165, 1.54) is 0 Å². The Morgan fingerprint density at radius 1 is 1.58 bits per heavy atom. The van der Waals surface area contributed by atoms with Crippen LogP contribution in [0.1, 0.15) is 30.3 Å². The van der Waals surface area contributed by atoms with E-state index in [0.29, 0.717) is 4.99 Å². The lowest BCUT2D eigenvalue weighted by molar-refractivity contribution is 0.0384. The van der Waals surface area contributed by atoms with Gasteiger partial charge in [-0.05, 0) is 26.3 Å². The smallest absolute Gasteiger partial charge is 0.107 e. The van der Waals surface area contributed by atoms with Gasteiger partial charge in [-0.25, -0.2) is 0 Å². The Labute approximate surface area is 120 Å². The fraction of sp³-hybridized carbons (Fsp3) is 0.571. The van der Waals surface area contributed by atoms with Gasteiger partial charge in [-0.15, -0.1) is 0 Å². The molecule has 0 spiro atoms. The van der Waals surface area contributed by atoms with Crippen molar-refractivity contribution in [1.82, 2.24) is 4.98 Å². The molecular formula is C14H21N3OS. The van der Waals surface area contributed by atoms with Gasteiger partial charge in [0, 0.05) is 24.5 Å². The fourth-order valence-electron chi connectivity index (χ4n) is 2.55. The van der Waals surface area contributed by atoms with Crippen LogP contribution in [0.15, 0.2) is 6.07 Å². The van der Waals surface area contributed by atoms with Crippen LogP contribution in [0.4, 0.5) is 5.69 Å². The van der Waals surface area contributed by atoms with Crippen LogP contribution < -0.4 is 10.6 Å². The molecule has 1 aliphatic heterocycles. The predicted molar refractivity (Wildman–Crippen MR) is 81.8 cm³/mol. The summed E-state index contributed by atoms with van der Waals surface area (Å²) in [6, 6.07) is 2.07. The Bertz CT molecular complexity index is 490. The molecule has 0 bridgehead atoms. The Morgan fingerprint density at radius 2 is 2.32 bits per heavy atom. The molecule has 19 heavy (non-hydrogen) atoms. The number of anilines is 1. The van der Waals surface area contributed by atoms with Gasteiger partial charge in [-0.3, -0.25) is 4.98 Å². The predicted octanol–water partition coefficient (Wildman–Crippen LogP) is 1.95. The molecule has 2 rings (SSSR count). The molecule has 2 heterocycles. The molecule has 0 radical (unpaired) electrons. The zero-order valence-corrected chi connectivity index (χ0v) is 12.6. The highest BCUT2D eigenvalue weighted by Gasteiger charge is 2.23. The summed E-state index contributed by atoms with van der Waals surface area (Å²) in [5.41, 5.74) is 9.77. The van der Waals surface area contributed by atoms with Gasteiger partial charge in [0.05, 0.1) is 24.0 Å².